The summed E-state index contributed by atoms with van der Waals surface area (Å²) in [6.45, 7) is 4.72. The molecular weight excluding hydrogens is 272 g/mol. The highest BCUT2D eigenvalue weighted by Crippen LogP contribution is 2.20. The molecule has 0 saturated heterocycles. The number of carbonyl (C=O) groups is 1. The molecule has 0 saturated carbocycles. The highest BCUT2D eigenvalue weighted by Gasteiger charge is 2.18. The zero-order valence-corrected chi connectivity index (χ0v) is 13.6. The molecule has 0 aliphatic heterocycles. The maximum absolute atomic E-state index is 12.1. The zero-order valence-electron chi connectivity index (χ0n) is 12.8. The summed E-state index contributed by atoms with van der Waals surface area (Å²) in [4.78, 5) is 14.2. The number of rotatable bonds is 7. The van der Waals surface area contributed by atoms with E-state index >= 15 is 0 Å². The summed E-state index contributed by atoms with van der Waals surface area (Å²) in [5.74, 6) is 0.263. The van der Waals surface area contributed by atoms with Crippen LogP contribution in [0.1, 0.15) is 38.3 Å². The molecule has 0 aliphatic carbocycles. The van der Waals surface area contributed by atoms with Gasteiger partial charge in [0.25, 0.3) is 0 Å². The molecule has 1 N–H and O–H groups in total. The van der Waals surface area contributed by atoms with Crippen LogP contribution in [0.4, 0.5) is 0 Å². The zero-order chi connectivity index (χ0) is 15.1. The molecule has 0 spiro atoms. The quantitative estimate of drug-likeness (QED) is 0.835. The van der Waals surface area contributed by atoms with Gasteiger partial charge in [0, 0.05) is 17.5 Å². The van der Waals surface area contributed by atoms with E-state index in [0.29, 0.717) is 6.54 Å². The van der Waals surface area contributed by atoms with Gasteiger partial charge in [0.15, 0.2) is 0 Å². The van der Waals surface area contributed by atoms with Crippen molar-refractivity contribution in [2.75, 3.05) is 20.6 Å². The van der Waals surface area contributed by atoms with Crippen molar-refractivity contribution < 1.29 is 4.79 Å². The lowest BCUT2D eigenvalue weighted by atomic mass is 10.0. The summed E-state index contributed by atoms with van der Waals surface area (Å²) in [7, 11) is 4.03. The summed E-state index contributed by atoms with van der Waals surface area (Å²) >= 11 is 5.92. The van der Waals surface area contributed by atoms with Gasteiger partial charge in [0.1, 0.15) is 0 Å². The van der Waals surface area contributed by atoms with Crippen LogP contribution in [-0.4, -0.2) is 31.4 Å². The van der Waals surface area contributed by atoms with Crippen molar-refractivity contribution >= 4 is 17.5 Å². The number of likely N-dealkylation sites (N-methyl/N-ethyl adjacent to an activating group) is 1. The van der Waals surface area contributed by atoms with Crippen molar-refractivity contribution in [2.45, 2.75) is 32.7 Å². The number of hydrogen-bond acceptors (Lipinski definition) is 2. The van der Waals surface area contributed by atoms with Gasteiger partial charge in [0.2, 0.25) is 5.91 Å². The van der Waals surface area contributed by atoms with E-state index < -0.39 is 0 Å². The topological polar surface area (TPSA) is 32.3 Å². The summed E-state index contributed by atoms with van der Waals surface area (Å²) in [6.07, 6.45) is 1.77. The second-order valence-electron chi connectivity index (χ2n) is 5.29. The first-order chi connectivity index (χ1) is 9.49. The monoisotopic (exact) mass is 296 g/mol. The van der Waals surface area contributed by atoms with Gasteiger partial charge in [0.05, 0.1) is 6.04 Å². The van der Waals surface area contributed by atoms with Crippen molar-refractivity contribution in [1.82, 2.24) is 10.2 Å². The maximum Gasteiger partial charge on any atom is 0.223 e. The lowest BCUT2D eigenvalue weighted by Gasteiger charge is -2.26. The highest BCUT2D eigenvalue weighted by atomic mass is 35.5. The molecule has 1 aromatic carbocycles. The van der Waals surface area contributed by atoms with E-state index in [1.807, 2.05) is 38.4 Å². The van der Waals surface area contributed by atoms with Crippen LogP contribution in [0.3, 0.4) is 0 Å². The number of halogens is 1. The summed E-state index contributed by atoms with van der Waals surface area (Å²) in [5.41, 5.74) is 1.16. The van der Waals surface area contributed by atoms with Gasteiger partial charge < -0.3 is 10.2 Å². The van der Waals surface area contributed by atoms with Crippen molar-refractivity contribution in [3.05, 3.63) is 34.9 Å². The van der Waals surface area contributed by atoms with E-state index in [1.54, 1.807) is 0 Å². The van der Waals surface area contributed by atoms with Gasteiger partial charge in [-0.2, -0.15) is 0 Å². The lowest BCUT2D eigenvalue weighted by molar-refractivity contribution is -0.125. The molecule has 1 rings (SSSR count). The Morgan fingerprint density at radius 1 is 1.20 bits per heavy atom. The third-order valence-electron chi connectivity index (χ3n) is 3.70. The van der Waals surface area contributed by atoms with E-state index in [2.05, 4.69) is 24.1 Å². The van der Waals surface area contributed by atoms with E-state index in [1.165, 1.54) is 0 Å². The number of carbonyl (C=O) groups excluding carboxylic acids is 1. The smallest absolute Gasteiger partial charge is 0.223 e. The first-order valence-corrected chi connectivity index (χ1v) is 7.56. The Balaban J connectivity index is 2.69. The predicted molar refractivity (Wildman–Crippen MR) is 85.0 cm³/mol. The summed E-state index contributed by atoms with van der Waals surface area (Å²) in [6, 6.07) is 7.95. The Labute approximate surface area is 127 Å². The van der Waals surface area contributed by atoms with Crippen molar-refractivity contribution in [1.29, 1.82) is 0 Å². The first kappa shape index (κ1) is 17.0. The molecule has 4 heteroatoms. The van der Waals surface area contributed by atoms with Crippen LogP contribution in [-0.2, 0) is 4.79 Å². The minimum atomic E-state index is 0.114. The van der Waals surface area contributed by atoms with Crippen LogP contribution < -0.4 is 5.32 Å². The van der Waals surface area contributed by atoms with Crippen LogP contribution in [0.25, 0.3) is 0 Å². The molecule has 0 radical (unpaired) electrons. The van der Waals surface area contributed by atoms with Crippen LogP contribution in [0, 0.1) is 5.92 Å². The minimum absolute atomic E-state index is 0.114. The van der Waals surface area contributed by atoms with Crippen LogP contribution >= 0.6 is 11.6 Å². The Morgan fingerprint density at radius 3 is 2.20 bits per heavy atom. The average Bonchev–Trinajstić information content (AvgIpc) is 2.42. The number of nitrogens with zero attached hydrogens (tertiary/aromatic N) is 1. The largest absolute Gasteiger partial charge is 0.354 e. The number of benzene rings is 1. The fourth-order valence-corrected chi connectivity index (χ4v) is 2.41. The van der Waals surface area contributed by atoms with Gasteiger partial charge in [-0.3, -0.25) is 4.79 Å². The average molecular weight is 297 g/mol. The third kappa shape index (κ3) is 4.80. The SMILES string of the molecule is CCC(CC)C(=O)NCC(c1ccc(Cl)cc1)N(C)C. The summed E-state index contributed by atoms with van der Waals surface area (Å²) in [5, 5.41) is 3.79. The molecule has 1 atom stereocenters. The molecule has 0 fully saturated rings. The molecule has 1 aromatic rings. The lowest BCUT2D eigenvalue weighted by Crippen LogP contribution is -2.37. The molecule has 3 nitrogen and oxygen atoms in total. The molecule has 0 aliphatic rings. The van der Waals surface area contributed by atoms with Crippen molar-refractivity contribution in [2.24, 2.45) is 5.92 Å². The Kier molecular flexibility index (Phi) is 7.03. The van der Waals surface area contributed by atoms with Crippen molar-refractivity contribution in [3.8, 4) is 0 Å². The molecule has 0 aromatic heterocycles. The predicted octanol–water partition coefficient (Wildman–Crippen LogP) is 3.50. The number of hydrogen-bond donors (Lipinski definition) is 1. The molecule has 0 heterocycles. The van der Waals surface area contributed by atoms with Crippen LogP contribution in [0.2, 0.25) is 5.02 Å². The van der Waals surface area contributed by atoms with Crippen LogP contribution in [0.5, 0.6) is 0 Å². The van der Waals surface area contributed by atoms with Gasteiger partial charge in [-0.15, -0.1) is 0 Å². The fraction of sp³-hybridized carbons (Fsp3) is 0.562. The number of nitrogens with one attached hydrogen (secondary N) is 1. The fourth-order valence-electron chi connectivity index (χ4n) is 2.28. The summed E-state index contributed by atoms with van der Waals surface area (Å²) < 4.78 is 0. The van der Waals surface area contributed by atoms with E-state index in [9.17, 15) is 4.79 Å². The molecule has 112 valence electrons. The van der Waals surface area contributed by atoms with E-state index in [4.69, 9.17) is 11.6 Å². The molecule has 1 amide bonds. The maximum atomic E-state index is 12.1. The van der Waals surface area contributed by atoms with E-state index in [-0.39, 0.29) is 17.9 Å². The van der Waals surface area contributed by atoms with Gasteiger partial charge in [-0.1, -0.05) is 37.6 Å². The first-order valence-electron chi connectivity index (χ1n) is 7.19. The second-order valence-corrected chi connectivity index (χ2v) is 5.73. The van der Waals surface area contributed by atoms with Crippen molar-refractivity contribution in [3.63, 3.8) is 0 Å². The highest BCUT2D eigenvalue weighted by molar-refractivity contribution is 6.30. The van der Waals surface area contributed by atoms with Gasteiger partial charge in [-0.05, 0) is 44.6 Å². The minimum Gasteiger partial charge on any atom is -0.354 e. The number of amides is 1. The van der Waals surface area contributed by atoms with Gasteiger partial charge in [-0.25, -0.2) is 0 Å². The Hall–Kier alpha value is -1.06. The molecular formula is C16H25ClN2O. The standard InChI is InChI=1S/C16H25ClN2O/c1-5-12(6-2)16(20)18-11-15(19(3)4)13-7-9-14(17)10-8-13/h7-10,12,15H,5-6,11H2,1-4H3,(H,18,20). The Bertz CT molecular complexity index is 413. The third-order valence-corrected chi connectivity index (χ3v) is 3.96. The molecule has 1 unspecified atom stereocenters. The normalized spacial score (nSPS) is 12.8. The Morgan fingerprint density at radius 2 is 1.75 bits per heavy atom. The van der Waals surface area contributed by atoms with Crippen LogP contribution in [0.15, 0.2) is 24.3 Å². The second kappa shape index (κ2) is 8.28. The van der Waals surface area contributed by atoms with E-state index in [0.717, 1.165) is 23.4 Å². The van der Waals surface area contributed by atoms with Gasteiger partial charge >= 0.3 is 0 Å². The molecule has 20 heavy (non-hydrogen) atoms. The molecule has 0 bridgehead atoms.